The van der Waals surface area contributed by atoms with Crippen LogP contribution in [0, 0.1) is 0 Å². The number of nitrogens with zero attached hydrogens (tertiary/aromatic N) is 1. The summed E-state index contributed by atoms with van der Waals surface area (Å²) in [4.78, 5) is 18.1. The Labute approximate surface area is 242 Å². The molecule has 0 spiro atoms. The minimum Gasteiger partial charge on any atom is -0.493 e. The quantitative estimate of drug-likeness (QED) is 0.119. The number of benzene rings is 2. The maximum atomic E-state index is 12.3. The highest BCUT2D eigenvalue weighted by Gasteiger charge is 2.22. The fourth-order valence-electron chi connectivity index (χ4n) is 5.05. The molecular formula is C32H41N3O6. The Morgan fingerprint density at radius 2 is 1.80 bits per heavy atom. The van der Waals surface area contributed by atoms with E-state index in [9.17, 15) is 4.79 Å². The van der Waals surface area contributed by atoms with Gasteiger partial charge in [-0.15, -0.1) is 0 Å². The summed E-state index contributed by atoms with van der Waals surface area (Å²) in [5, 5.41) is 4.32. The highest BCUT2D eigenvalue weighted by molar-refractivity contribution is 5.88. The average Bonchev–Trinajstić information content (AvgIpc) is 3.44. The van der Waals surface area contributed by atoms with E-state index in [1.54, 1.807) is 33.5 Å². The van der Waals surface area contributed by atoms with Gasteiger partial charge in [-0.05, 0) is 61.2 Å². The zero-order valence-corrected chi connectivity index (χ0v) is 24.2. The lowest BCUT2D eigenvalue weighted by atomic mass is 9.89. The zero-order chi connectivity index (χ0) is 28.9. The molecule has 2 N–H and O–H groups in total. The third kappa shape index (κ3) is 8.60. The number of aromatic amines is 1. The van der Waals surface area contributed by atoms with E-state index in [2.05, 4.69) is 45.7 Å². The lowest BCUT2D eigenvalue weighted by Gasteiger charge is -2.31. The van der Waals surface area contributed by atoms with Gasteiger partial charge >= 0.3 is 0 Å². The predicted octanol–water partition coefficient (Wildman–Crippen LogP) is 4.75. The first-order valence-electron chi connectivity index (χ1n) is 14.0. The van der Waals surface area contributed by atoms with E-state index in [0.29, 0.717) is 42.9 Å². The van der Waals surface area contributed by atoms with Crippen molar-refractivity contribution in [2.75, 3.05) is 67.5 Å². The largest absolute Gasteiger partial charge is 0.493 e. The number of aromatic nitrogens is 1. The molecule has 0 aliphatic carbocycles. The second-order valence-corrected chi connectivity index (χ2v) is 9.83. The molecule has 2 aromatic carbocycles. The molecule has 0 unspecified atom stereocenters. The van der Waals surface area contributed by atoms with Gasteiger partial charge in [0.2, 0.25) is 11.7 Å². The number of para-hydroxylation sites is 1. The number of hydrogen-bond acceptors (Lipinski definition) is 7. The molecule has 9 heteroatoms. The number of piperidine rings is 1. The van der Waals surface area contributed by atoms with E-state index in [1.807, 2.05) is 18.2 Å². The topological polar surface area (TPSA) is 94.3 Å². The summed E-state index contributed by atoms with van der Waals surface area (Å²) < 4.78 is 27.0. The first-order valence-corrected chi connectivity index (χ1v) is 14.0. The molecule has 0 radical (unpaired) electrons. The molecule has 9 nitrogen and oxygen atoms in total. The van der Waals surface area contributed by atoms with Crippen molar-refractivity contribution in [1.82, 2.24) is 15.2 Å². The standard InChI is InChI=1S/C32H41N3O6/c1-37-18-19-40-23-41-32-29(38-2)20-24(21-30(32)39-3)8-4-7-11-31(36)33-14-17-35-15-12-25(13-16-35)27-22-34-28-10-6-5-9-26(27)28/h4-11,20-22,25,34H,12-19,23H2,1-3H3,(H,33,36). The maximum Gasteiger partial charge on any atom is 0.244 e. The molecule has 0 bridgehead atoms. The Hall–Kier alpha value is -3.79. The van der Waals surface area contributed by atoms with Gasteiger partial charge in [0, 0.05) is 43.4 Å². The fourth-order valence-corrected chi connectivity index (χ4v) is 5.05. The first-order chi connectivity index (χ1) is 20.1. The zero-order valence-electron chi connectivity index (χ0n) is 24.2. The van der Waals surface area contributed by atoms with Crippen LogP contribution in [0.25, 0.3) is 17.0 Å². The Morgan fingerprint density at radius 3 is 2.54 bits per heavy atom. The second-order valence-electron chi connectivity index (χ2n) is 9.83. The summed E-state index contributed by atoms with van der Waals surface area (Å²) in [6, 6.07) is 12.2. The van der Waals surface area contributed by atoms with Gasteiger partial charge in [0.15, 0.2) is 18.3 Å². The summed E-state index contributed by atoms with van der Waals surface area (Å²) in [7, 11) is 4.75. The number of amides is 1. The van der Waals surface area contributed by atoms with Gasteiger partial charge in [0.25, 0.3) is 0 Å². The monoisotopic (exact) mass is 563 g/mol. The molecule has 0 saturated carbocycles. The van der Waals surface area contributed by atoms with Crippen molar-refractivity contribution in [3.63, 3.8) is 0 Å². The van der Waals surface area contributed by atoms with Gasteiger partial charge < -0.3 is 38.9 Å². The fraction of sp³-hybridized carbons (Fsp3) is 0.406. The molecule has 2 heterocycles. The number of nitrogens with one attached hydrogen (secondary N) is 2. The molecule has 41 heavy (non-hydrogen) atoms. The Kier molecular flexibility index (Phi) is 11.7. The number of fused-ring (bicyclic) bond motifs is 1. The number of carbonyl (C=O) groups is 1. The van der Waals surface area contributed by atoms with E-state index in [0.717, 1.165) is 38.0 Å². The number of hydrogen-bond donors (Lipinski definition) is 2. The number of likely N-dealkylation sites (tertiary alicyclic amines) is 1. The number of H-pyrrole nitrogens is 1. The van der Waals surface area contributed by atoms with Crippen molar-refractivity contribution in [3.8, 4) is 17.2 Å². The smallest absolute Gasteiger partial charge is 0.244 e. The number of ether oxygens (including phenoxy) is 5. The van der Waals surface area contributed by atoms with Crippen molar-refractivity contribution in [1.29, 1.82) is 0 Å². The molecule has 1 aliphatic heterocycles. The number of allylic oxidation sites excluding steroid dienone is 2. The summed E-state index contributed by atoms with van der Waals surface area (Å²) in [5.41, 5.74) is 3.47. The van der Waals surface area contributed by atoms with E-state index in [1.165, 1.54) is 22.5 Å². The van der Waals surface area contributed by atoms with Crippen molar-refractivity contribution in [2.45, 2.75) is 18.8 Å². The third-order valence-electron chi connectivity index (χ3n) is 7.22. The molecule has 4 rings (SSSR count). The van der Waals surface area contributed by atoms with Crippen LogP contribution in [-0.2, 0) is 14.3 Å². The van der Waals surface area contributed by atoms with Crippen LogP contribution in [0.15, 0.2) is 60.8 Å². The highest BCUT2D eigenvalue weighted by Crippen LogP contribution is 2.39. The van der Waals surface area contributed by atoms with E-state index in [4.69, 9.17) is 23.7 Å². The summed E-state index contributed by atoms with van der Waals surface area (Å²) in [6.07, 6.45) is 11.3. The van der Waals surface area contributed by atoms with E-state index < -0.39 is 0 Å². The average molecular weight is 564 g/mol. The maximum absolute atomic E-state index is 12.3. The Bertz CT molecular complexity index is 1280. The van der Waals surface area contributed by atoms with Crippen LogP contribution in [-0.4, -0.2) is 83.3 Å². The van der Waals surface area contributed by atoms with Crippen molar-refractivity contribution in [3.05, 3.63) is 72.0 Å². The van der Waals surface area contributed by atoms with Gasteiger partial charge in [0.05, 0.1) is 27.4 Å². The number of methoxy groups -OCH3 is 3. The molecule has 1 aliphatic rings. The minimum atomic E-state index is -0.115. The first kappa shape index (κ1) is 30.2. The van der Waals surface area contributed by atoms with Gasteiger partial charge in [0.1, 0.15) is 0 Å². The highest BCUT2D eigenvalue weighted by atomic mass is 16.7. The minimum absolute atomic E-state index is 0.0480. The number of carbonyl (C=O) groups excluding carboxylic acids is 1. The third-order valence-corrected chi connectivity index (χ3v) is 7.22. The summed E-state index contributed by atoms with van der Waals surface area (Å²) in [6.45, 7) is 4.50. The molecule has 1 fully saturated rings. The molecule has 0 atom stereocenters. The summed E-state index contributed by atoms with van der Waals surface area (Å²) >= 11 is 0. The van der Waals surface area contributed by atoms with Crippen molar-refractivity contribution >= 4 is 22.9 Å². The Morgan fingerprint density at radius 1 is 1.05 bits per heavy atom. The van der Waals surface area contributed by atoms with E-state index in [-0.39, 0.29) is 12.7 Å². The van der Waals surface area contributed by atoms with Gasteiger partial charge in [-0.3, -0.25) is 4.79 Å². The van der Waals surface area contributed by atoms with Crippen molar-refractivity contribution in [2.24, 2.45) is 0 Å². The van der Waals surface area contributed by atoms with Gasteiger partial charge in [-0.25, -0.2) is 0 Å². The van der Waals surface area contributed by atoms with Crippen molar-refractivity contribution < 1.29 is 28.5 Å². The van der Waals surface area contributed by atoms with Gasteiger partial charge in [-0.2, -0.15) is 0 Å². The molecule has 220 valence electrons. The van der Waals surface area contributed by atoms with Crippen LogP contribution >= 0.6 is 0 Å². The van der Waals surface area contributed by atoms with Crippen LogP contribution in [0.5, 0.6) is 17.2 Å². The predicted molar refractivity (Wildman–Crippen MR) is 161 cm³/mol. The van der Waals surface area contributed by atoms with Gasteiger partial charge in [-0.1, -0.05) is 36.4 Å². The molecular weight excluding hydrogens is 522 g/mol. The van der Waals surface area contributed by atoms with E-state index >= 15 is 0 Å². The molecule has 1 amide bonds. The molecule has 1 aromatic heterocycles. The molecule has 1 saturated heterocycles. The Balaban J connectivity index is 1.19. The second kappa shape index (κ2) is 15.9. The van der Waals surface area contributed by atoms with Crippen LogP contribution in [0.1, 0.15) is 29.9 Å². The van der Waals surface area contributed by atoms with Crippen LogP contribution in [0.2, 0.25) is 0 Å². The van der Waals surface area contributed by atoms with Crippen LogP contribution in [0.3, 0.4) is 0 Å². The lowest BCUT2D eigenvalue weighted by molar-refractivity contribution is -0.116. The SMILES string of the molecule is COCCOCOc1c(OC)cc(C=CC=CC(=O)NCCN2CCC(c3c[nH]c4ccccc34)CC2)cc1OC. The normalized spacial score (nSPS) is 14.7. The lowest BCUT2D eigenvalue weighted by Crippen LogP contribution is -2.38. The van der Waals surface area contributed by atoms with Crippen LogP contribution in [0.4, 0.5) is 0 Å². The summed E-state index contributed by atoms with van der Waals surface area (Å²) in [5.74, 6) is 1.96. The molecule has 3 aromatic rings. The number of rotatable bonds is 15. The van der Waals surface area contributed by atoms with Crippen LogP contribution < -0.4 is 19.5 Å².